The van der Waals surface area contributed by atoms with Gasteiger partial charge in [-0.1, -0.05) is 5.16 Å². The van der Waals surface area contributed by atoms with Gasteiger partial charge >= 0.3 is 0 Å². The van der Waals surface area contributed by atoms with E-state index in [1.165, 1.54) is 4.31 Å². The number of ether oxygens (including phenoxy) is 1. The summed E-state index contributed by atoms with van der Waals surface area (Å²) in [6, 6.07) is 0. The largest absolute Gasteiger partial charge is 0.379 e. The highest BCUT2D eigenvalue weighted by atomic mass is 32.2. The van der Waals surface area contributed by atoms with Crippen molar-refractivity contribution in [1.82, 2.24) is 18.8 Å². The van der Waals surface area contributed by atoms with Gasteiger partial charge in [0, 0.05) is 38.5 Å². The van der Waals surface area contributed by atoms with E-state index in [0.29, 0.717) is 57.6 Å². The minimum absolute atomic E-state index is 0.238. The fraction of sp³-hybridized carbons (Fsp3) is 0.867. The van der Waals surface area contributed by atoms with E-state index in [9.17, 15) is 8.42 Å². The fourth-order valence-electron chi connectivity index (χ4n) is 3.45. The van der Waals surface area contributed by atoms with Crippen LogP contribution in [0.4, 0.5) is 0 Å². The number of piperidine rings is 1. The second-order valence-electron chi connectivity index (χ2n) is 6.91. The molecule has 1 atom stereocenters. The zero-order chi connectivity index (χ0) is 16.6. The van der Waals surface area contributed by atoms with E-state index in [1.807, 2.05) is 0 Å². The number of hydrogen-bond acceptors (Lipinski definition) is 6. The van der Waals surface area contributed by atoms with Gasteiger partial charge in [0.05, 0.1) is 13.2 Å². The van der Waals surface area contributed by atoms with Crippen LogP contribution in [0.15, 0.2) is 4.52 Å². The Kier molecular flexibility index (Phi) is 4.59. The van der Waals surface area contributed by atoms with E-state index in [1.54, 1.807) is 4.31 Å². The minimum Gasteiger partial charge on any atom is -0.379 e. The molecule has 1 aromatic rings. The van der Waals surface area contributed by atoms with Crippen LogP contribution in [-0.4, -0.2) is 66.6 Å². The van der Waals surface area contributed by atoms with Crippen LogP contribution in [0.25, 0.3) is 0 Å². The molecule has 2 aliphatic heterocycles. The third kappa shape index (κ3) is 3.49. The predicted molar refractivity (Wildman–Crippen MR) is 85.6 cm³/mol. The van der Waals surface area contributed by atoms with Gasteiger partial charge in [0.25, 0.3) is 10.2 Å². The van der Waals surface area contributed by atoms with E-state index in [4.69, 9.17) is 9.26 Å². The lowest BCUT2D eigenvalue weighted by molar-refractivity contribution is 0.0690. The van der Waals surface area contributed by atoms with Crippen LogP contribution in [-0.2, 0) is 21.4 Å². The SMILES string of the molecule is O=S(=O)(N1CCOCC1)N1CCC[C@@H](Cc2nc(C3CC3)no2)C1. The standard InChI is InChI=1S/C15H24N4O4S/c20-24(21,18-6-8-22-9-7-18)19-5-1-2-12(11-19)10-14-16-15(17-23-14)13-3-4-13/h12-13H,1-11H2/t12-/m0/s1. The van der Waals surface area contributed by atoms with Crippen LogP contribution in [0.5, 0.6) is 0 Å². The molecule has 0 unspecified atom stereocenters. The molecule has 0 aromatic carbocycles. The number of nitrogens with zero attached hydrogens (tertiary/aromatic N) is 4. The van der Waals surface area contributed by atoms with Crippen LogP contribution >= 0.6 is 0 Å². The number of rotatable bonds is 5. The molecule has 1 aliphatic carbocycles. The quantitative estimate of drug-likeness (QED) is 0.774. The molecular weight excluding hydrogens is 332 g/mol. The summed E-state index contributed by atoms with van der Waals surface area (Å²) < 4.78 is 39.3. The Labute approximate surface area is 142 Å². The summed E-state index contributed by atoms with van der Waals surface area (Å²) in [6.45, 7) is 2.95. The monoisotopic (exact) mass is 356 g/mol. The molecule has 3 aliphatic rings. The van der Waals surface area contributed by atoms with Gasteiger partial charge in [-0.05, 0) is 31.6 Å². The second-order valence-corrected chi connectivity index (χ2v) is 8.84. The Balaban J connectivity index is 1.39. The van der Waals surface area contributed by atoms with Gasteiger partial charge in [-0.25, -0.2) is 0 Å². The molecule has 24 heavy (non-hydrogen) atoms. The Morgan fingerprint density at radius 2 is 1.88 bits per heavy atom. The maximum atomic E-state index is 12.8. The van der Waals surface area contributed by atoms with Gasteiger partial charge in [-0.2, -0.15) is 22.0 Å². The highest BCUT2D eigenvalue weighted by molar-refractivity contribution is 7.86. The second kappa shape index (κ2) is 6.70. The molecule has 2 saturated heterocycles. The third-order valence-electron chi connectivity index (χ3n) is 4.99. The van der Waals surface area contributed by atoms with Crippen molar-refractivity contribution in [3.63, 3.8) is 0 Å². The fourth-order valence-corrected chi connectivity index (χ4v) is 5.15. The van der Waals surface area contributed by atoms with Gasteiger partial charge < -0.3 is 9.26 Å². The average Bonchev–Trinajstić information content (AvgIpc) is 3.36. The summed E-state index contributed by atoms with van der Waals surface area (Å²) in [4.78, 5) is 4.47. The van der Waals surface area contributed by atoms with Gasteiger partial charge in [-0.15, -0.1) is 0 Å². The molecule has 0 bridgehead atoms. The summed E-state index contributed by atoms with van der Waals surface area (Å²) >= 11 is 0. The van der Waals surface area contributed by atoms with Crippen molar-refractivity contribution in [3.05, 3.63) is 11.7 Å². The number of hydrogen-bond donors (Lipinski definition) is 0. The van der Waals surface area contributed by atoms with Crippen molar-refractivity contribution in [2.24, 2.45) is 5.92 Å². The Morgan fingerprint density at radius 3 is 2.62 bits per heavy atom. The first-order chi connectivity index (χ1) is 11.6. The first-order valence-electron chi connectivity index (χ1n) is 8.78. The molecule has 134 valence electrons. The lowest BCUT2D eigenvalue weighted by atomic mass is 9.96. The van der Waals surface area contributed by atoms with Gasteiger partial charge in [-0.3, -0.25) is 0 Å². The molecule has 1 aromatic heterocycles. The molecule has 3 fully saturated rings. The molecular formula is C15H24N4O4S. The molecule has 1 saturated carbocycles. The maximum Gasteiger partial charge on any atom is 0.282 e. The molecule has 0 radical (unpaired) electrons. The van der Waals surface area contributed by atoms with Crippen LogP contribution in [0, 0.1) is 5.92 Å². The first-order valence-corrected chi connectivity index (χ1v) is 10.2. The Morgan fingerprint density at radius 1 is 1.08 bits per heavy atom. The van der Waals surface area contributed by atoms with Crippen LogP contribution in [0.3, 0.4) is 0 Å². The number of morpholine rings is 1. The highest BCUT2D eigenvalue weighted by Gasteiger charge is 2.35. The van der Waals surface area contributed by atoms with E-state index in [2.05, 4.69) is 10.1 Å². The first kappa shape index (κ1) is 16.4. The zero-order valence-electron chi connectivity index (χ0n) is 13.8. The lowest BCUT2D eigenvalue weighted by Gasteiger charge is -2.36. The maximum absolute atomic E-state index is 12.8. The van der Waals surface area contributed by atoms with Crippen molar-refractivity contribution in [1.29, 1.82) is 0 Å². The normalized spacial score (nSPS) is 27.4. The summed E-state index contributed by atoms with van der Waals surface area (Å²) in [6.07, 6.45) is 4.82. The average molecular weight is 356 g/mol. The lowest BCUT2D eigenvalue weighted by Crippen LogP contribution is -2.51. The van der Waals surface area contributed by atoms with E-state index in [-0.39, 0.29) is 5.92 Å². The molecule has 0 N–H and O–H groups in total. The van der Waals surface area contributed by atoms with Crippen LogP contribution in [0.1, 0.15) is 43.3 Å². The van der Waals surface area contributed by atoms with Crippen molar-refractivity contribution >= 4 is 10.2 Å². The predicted octanol–water partition coefficient (Wildman–Crippen LogP) is 0.778. The Bertz CT molecular complexity index is 667. The van der Waals surface area contributed by atoms with Crippen LogP contribution in [0.2, 0.25) is 0 Å². The van der Waals surface area contributed by atoms with Crippen molar-refractivity contribution < 1.29 is 17.7 Å². The van der Waals surface area contributed by atoms with E-state index < -0.39 is 10.2 Å². The summed E-state index contributed by atoms with van der Waals surface area (Å²) in [5, 5.41) is 4.04. The smallest absolute Gasteiger partial charge is 0.282 e. The zero-order valence-corrected chi connectivity index (χ0v) is 14.6. The van der Waals surface area contributed by atoms with Gasteiger partial charge in [0.2, 0.25) is 5.89 Å². The van der Waals surface area contributed by atoms with Crippen molar-refractivity contribution in [2.75, 3.05) is 39.4 Å². The third-order valence-corrected chi connectivity index (χ3v) is 7.00. The van der Waals surface area contributed by atoms with Gasteiger partial charge in [0.15, 0.2) is 5.82 Å². The molecule has 4 rings (SSSR count). The molecule has 3 heterocycles. The van der Waals surface area contributed by atoms with Crippen molar-refractivity contribution in [3.8, 4) is 0 Å². The molecule has 9 heteroatoms. The van der Waals surface area contributed by atoms with Gasteiger partial charge in [0.1, 0.15) is 0 Å². The minimum atomic E-state index is -3.39. The molecule has 0 spiro atoms. The molecule has 0 amide bonds. The highest BCUT2D eigenvalue weighted by Crippen LogP contribution is 2.38. The summed E-state index contributed by atoms with van der Waals surface area (Å²) in [5.41, 5.74) is 0. The molecule has 8 nitrogen and oxygen atoms in total. The van der Waals surface area contributed by atoms with E-state index in [0.717, 1.165) is 31.5 Å². The van der Waals surface area contributed by atoms with Crippen molar-refractivity contribution in [2.45, 2.75) is 38.0 Å². The Hall–Kier alpha value is -1.03. The topological polar surface area (TPSA) is 88.8 Å². The van der Waals surface area contributed by atoms with E-state index >= 15 is 0 Å². The van der Waals surface area contributed by atoms with Crippen LogP contribution < -0.4 is 0 Å². The summed E-state index contributed by atoms with van der Waals surface area (Å²) in [5.74, 6) is 2.18. The summed E-state index contributed by atoms with van der Waals surface area (Å²) in [7, 11) is -3.39. The number of aromatic nitrogens is 2.